The van der Waals surface area contributed by atoms with Gasteiger partial charge in [0.25, 0.3) is 5.91 Å². The number of likely N-dealkylation sites (tertiary alicyclic amines) is 1. The van der Waals surface area contributed by atoms with Crippen LogP contribution in [-0.4, -0.2) is 48.7 Å². The van der Waals surface area contributed by atoms with Gasteiger partial charge in [0.05, 0.1) is 12.1 Å². The van der Waals surface area contributed by atoms with Gasteiger partial charge < -0.3 is 15.2 Å². The van der Waals surface area contributed by atoms with Gasteiger partial charge in [-0.2, -0.15) is 0 Å². The molecule has 1 aromatic carbocycles. The van der Waals surface area contributed by atoms with E-state index in [-0.39, 0.29) is 35.4 Å². The minimum absolute atomic E-state index is 0. The van der Waals surface area contributed by atoms with Crippen molar-refractivity contribution in [2.24, 2.45) is 0 Å². The highest BCUT2D eigenvalue weighted by molar-refractivity contribution is 6.33. The molecule has 0 spiro atoms. The summed E-state index contributed by atoms with van der Waals surface area (Å²) in [5.41, 5.74) is 0.759. The molecule has 136 valence electrons. The van der Waals surface area contributed by atoms with Crippen LogP contribution in [0.5, 0.6) is 11.5 Å². The first-order valence-corrected chi connectivity index (χ1v) is 8.51. The lowest BCUT2D eigenvalue weighted by Gasteiger charge is -2.23. The molecule has 0 unspecified atom stereocenters. The fourth-order valence-corrected chi connectivity index (χ4v) is 3.50. The summed E-state index contributed by atoms with van der Waals surface area (Å²) in [4.78, 5) is 14.9. The van der Waals surface area contributed by atoms with Gasteiger partial charge in [-0.15, -0.1) is 12.4 Å². The minimum atomic E-state index is -0.348. The summed E-state index contributed by atoms with van der Waals surface area (Å²) in [5, 5.41) is 13.6. The number of nitrogens with one attached hydrogen (secondary N) is 1. The van der Waals surface area contributed by atoms with E-state index in [0.29, 0.717) is 29.6 Å². The van der Waals surface area contributed by atoms with E-state index >= 15 is 0 Å². The number of benzene rings is 1. The molecule has 0 radical (unpaired) electrons. The van der Waals surface area contributed by atoms with E-state index in [1.807, 2.05) is 6.92 Å². The molecule has 1 saturated heterocycles. The van der Waals surface area contributed by atoms with Gasteiger partial charge in [-0.25, -0.2) is 0 Å². The van der Waals surface area contributed by atoms with E-state index < -0.39 is 0 Å². The Kier molecular flexibility index (Phi) is 8.13. The topological polar surface area (TPSA) is 61.8 Å². The van der Waals surface area contributed by atoms with Crippen LogP contribution in [0.15, 0.2) is 6.07 Å². The van der Waals surface area contributed by atoms with E-state index in [9.17, 15) is 9.90 Å². The molecule has 0 bridgehead atoms. The number of methoxy groups -OCH3 is 1. The third kappa shape index (κ3) is 4.26. The molecule has 2 rings (SSSR count). The number of carbonyl (C=O) groups is 1. The van der Waals surface area contributed by atoms with Crippen LogP contribution in [-0.2, 0) is 6.42 Å². The first-order chi connectivity index (χ1) is 11.0. The lowest BCUT2D eigenvalue weighted by atomic mass is 10.0. The summed E-state index contributed by atoms with van der Waals surface area (Å²) in [6, 6.07) is 1.99. The van der Waals surface area contributed by atoms with Crippen molar-refractivity contribution < 1.29 is 14.6 Å². The number of ether oxygens (including phenoxy) is 1. The van der Waals surface area contributed by atoms with Crippen molar-refractivity contribution >= 4 is 29.9 Å². The standard InChI is InChI=1S/C17H25ClN2O3.ClH/c1-4-11-9-13(18)16(23-3)14(15(11)21)17(22)19-10-12-7-6-8-20(12)5-2;/h9,12,21H,4-8,10H2,1-3H3,(H,19,22);1H/t12-;/m0./s1. The maximum atomic E-state index is 12.6. The van der Waals surface area contributed by atoms with Gasteiger partial charge in [0.2, 0.25) is 0 Å². The highest BCUT2D eigenvalue weighted by Gasteiger charge is 2.26. The molecule has 1 fully saturated rings. The molecule has 24 heavy (non-hydrogen) atoms. The second-order valence-electron chi connectivity index (χ2n) is 5.76. The number of nitrogens with zero attached hydrogens (tertiary/aromatic N) is 1. The zero-order valence-corrected chi connectivity index (χ0v) is 16.0. The smallest absolute Gasteiger partial charge is 0.258 e. The number of amides is 1. The number of hydrogen-bond acceptors (Lipinski definition) is 4. The summed E-state index contributed by atoms with van der Waals surface area (Å²) in [6.45, 7) is 6.63. The quantitative estimate of drug-likeness (QED) is 0.799. The van der Waals surface area contributed by atoms with Crippen molar-refractivity contribution in [3.63, 3.8) is 0 Å². The van der Waals surface area contributed by atoms with Crippen molar-refractivity contribution in [3.8, 4) is 11.5 Å². The zero-order chi connectivity index (χ0) is 17.0. The highest BCUT2D eigenvalue weighted by atomic mass is 35.5. The van der Waals surface area contributed by atoms with E-state index in [0.717, 1.165) is 25.9 Å². The molecule has 1 amide bonds. The fraction of sp³-hybridized carbons (Fsp3) is 0.588. The first-order valence-electron chi connectivity index (χ1n) is 8.13. The van der Waals surface area contributed by atoms with Gasteiger partial charge in [-0.3, -0.25) is 9.69 Å². The Morgan fingerprint density at radius 3 is 2.79 bits per heavy atom. The molecular weight excluding hydrogens is 351 g/mol. The van der Waals surface area contributed by atoms with Crippen LogP contribution < -0.4 is 10.1 Å². The molecule has 1 aliphatic rings. The molecular formula is C17H26Cl2N2O3. The average molecular weight is 377 g/mol. The predicted molar refractivity (Wildman–Crippen MR) is 98.9 cm³/mol. The van der Waals surface area contributed by atoms with Crippen LogP contribution >= 0.6 is 24.0 Å². The summed E-state index contributed by atoms with van der Waals surface area (Å²) < 4.78 is 5.23. The number of rotatable bonds is 6. The van der Waals surface area contributed by atoms with Crippen molar-refractivity contribution in [1.82, 2.24) is 10.2 Å². The average Bonchev–Trinajstić information content (AvgIpc) is 3.01. The maximum absolute atomic E-state index is 12.6. The molecule has 1 aromatic rings. The van der Waals surface area contributed by atoms with E-state index in [4.69, 9.17) is 16.3 Å². The van der Waals surface area contributed by atoms with Gasteiger partial charge in [-0.1, -0.05) is 25.4 Å². The molecule has 0 aromatic heterocycles. The number of aryl methyl sites for hydroxylation is 1. The van der Waals surface area contributed by atoms with Crippen molar-refractivity contribution in [1.29, 1.82) is 0 Å². The lowest BCUT2D eigenvalue weighted by Crippen LogP contribution is -2.40. The lowest BCUT2D eigenvalue weighted by molar-refractivity contribution is 0.0935. The Labute approximate surface area is 154 Å². The first kappa shape index (κ1) is 20.9. The molecule has 5 nitrogen and oxygen atoms in total. The van der Waals surface area contributed by atoms with Crippen LogP contribution in [0.3, 0.4) is 0 Å². The second-order valence-corrected chi connectivity index (χ2v) is 6.17. The van der Waals surface area contributed by atoms with E-state index in [1.165, 1.54) is 7.11 Å². The van der Waals surface area contributed by atoms with Gasteiger partial charge >= 0.3 is 0 Å². The Hall–Kier alpha value is -1.17. The number of hydrogen-bond donors (Lipinski definition) is 2. The van der Waals surface area contributed by atoms with Crippen LogP contribution in [0.25, 0.3) is 0 Å². The normalized spacial score (nSPS) is 17.4. The monoisotopic (exact) mass is 376 g/mol. The van der Waals surface area contributed by atoms with Crippen LogP contribution in [0, 0.1) is 0 Å². The Morgan fingerprint density at radius 1 is 1.50 bits per heavy atom. The third-order valence-electron chi connectivity index (χ3n) is 4.50. The number of aromatic hydroxyl groups is 1. The SMILES string of the molecule is CCc1cc(Cl)c(OC)c(C(=O)NC[C@@H]2CCCN2CC)c1O.Cl. The Bertz CT molecular complexity index is 581. The second kappa shape index (κ2) is 9.35. The third-order valence-corrected chi connectivity index (χ3v) is 4.78. The molecule has 0 saturated carbocycles. The zero-order valence-electron chi connectivity index (χ0n) is 14.4. The van der Waals surface area contributed by atoms with Crippen LogP contribution in [0.2, 0.25) is 5.02 Å². The number of phenols is 1. The van der Waals surface area contributed by atoms with Crippen molar-refractivity contribution in [2.45, 2.75) is 39.2 Å². The van der Waals surface area contributed by atoms with Gasteiger partial charge in [-0.05, 0) is 44.0 Å². The maximum Gasteiger partial charge on any atom is 0.258 e. The Balaban J connectivity index is 0.00000288. The molecule has 1 aliphatic heterocycles. The van der Waals surface area contributed by atoms with Gasteiger partial charge in [0.15, 0.2) is 5.75 Å². The fourth-order valence-electron chi connectivity index (χ4n) is 3.20. The van der Waals surface area contributed by atoms with E-state index in [1.54, 1.807) is 6.07 Å². The summed E-state index contributed by atoms with van der Waals surface area (Å²) in [7, 11) is 1.44. The van der Waals surface area contributed by atoms with Crippen molar-refractivity contribution in [2.75, 3.05) is 26.7 Å². The largest absolute Gasteiger partial charge is 0.507 e. The minimum Gasteiger partial charge on any atom is -0.507 e. The van der Waals surface area contributed by atoms with Crippen molar-refractivity contribution in [3.05, 3.63) is 22.2 Å². The number of halogens is 2. The van der Waals surface area contributed by atoms with E-state index in [2.05, 4.69) is 17.1 Å². The number of phenolic OH excluding ortho intramolecular Hbond substituents is 1. The molecule has 2 N–H and O–H groups in total. The van der Waals surface area contributed by atoms with Crippen LogP contribution in [0.1, 0.15) is 42.6 Å². The number of likely N-dealkylation sites (N-methyl/N-ethyl adjacent to an activating group) is 1. The van der Waals surface area contributed by atoms with Gasteiger partial charge in [0.1, 0.15) is 11.3 Å². The van der Waals surface area contributed by atoms with Gasteiger partial charge in [0, 0.05) is 12.6 Å². The molecule has 7 heteroatoms. The summed E-state index contributed by atoms with van der Waals surface area (Å²) in [5.74, 6) is -0.179. The summed E-state index contributed by atoms with van der Waals surface area (Å²) in [6.07, 6.45) is 2.81. The highest BCUT2D eigenvalue weighted by Crippen LogP contribution is 2.38. The predicted octanol–water partition coefficient (Wildman–Crippen LogP) is 3.25. The molecule has 1 heterocycles. The summed E-state index contributed by atoms with van der Waals surface area (Å²) >= 11 is 6.18. The Morgan fingerprint density at radius 2 is 2.21 bits per heavy atom. The molecule has 1 atom stereocenters. The number of carbonyl (C=O) groups excluding carboxylic acids is 1. The molecule has 0 aliphatic carbocycles. The van der Waals surface area contributed by atoms with Crippen LogP contribution in [0.4, 0.5) is 0 Å².